The van der Waals surface area contributed by atoms with Gasteiger partial charge in [0, 0.05) is 13.1 Å². The second kappa shape index (κ2) is 5.55. The summed E-state index contributed by atoms with van der Waals surface area (Å²) in [4.78, 5) is 2.57. The van der Waals surface area contributed by atoms with Gasteiger partial charge in [0.15, 0.2) is 0 Å². The van der Waals surface area contributed by atoms with Gasteiger partial charge in [0.25, 0.3) is 0 Å². The topological polar surface area (TPSA) is 15.3 Å². The summed E-state index contributed by atoms with van der Waals surface area (Å²) in [5, 5.41) is 3.18. The number of hydrogen-bond acceptors (Lipinski definition) is 2. The Morgan fingerprint density at radius 3 is 2.75 bits per heavy atom. The number of nitrogens with one attached hydrogen (secondary N) is 1. The molecule has 1 aliphatic heterocycles. The van der Waals surface area contributed by atoms with Crippen LogP contribution < -0.4 is 5.32 Å². The molecular weight excluding hydrogens is 148 g/mol. The lowest BCUT2D eigenvalue weighted by molar-refractivity contribution is 0.0928. The summed E-state index contributed by atoms with van der Waals surface area (Å²) in [6.45, 7) is 7.45. The van der Waals surface area contributed by atoms with Gasteiger partial charge in [-0.05, 0) is 38.9 Å². The van der Waals surface area contributed by atoms with Crippen molar-refractivity contribution in [2.45, 2.75) is 26.2 Å². The highest BCUT2D eigenvalue weighted by molar-refractivity contribution is 4.78. The molecule has 0 aromatic carbocycles. The maximum Gasteiger partial charge on any atom is 0.00220 e. The Balaban J connectivity index is 1.88. The molecule has 72 valence electrons. The molecule has 0 amide bonds. The van der Waals surface area contributed by atoms with Crippen LogP contribution in [0, 0.1) is 5.92 Å². The van der Waals surface area contributed by atoms with E-state index in [1.807, 2.05) is 7.05 Å². The van der Waals surface area contributed by atoms with Gasteiger partial charge in [-0.3, -0.25) is 0 Å². The van der Waals surface area contributed by atoms with E-state index < -0.39 is 0 Å². The fourth-order valence-corrected chi connectivity index (χ4v) is 1.93. The summed E-state index contributed by atoms with van der Waals surface area (Å²) in [7, 11) is 2.02. The zero-order valence-corrected chi connectivity index (χ0v) is 8.47. The third kappa shape index (κ3) is 3.11. The molecule has 0 spiro atoms. The Morgan fingerprint density at radius 2 is 2.17 bits per heavy atom. The molecule has 0 unspecified atom stereocenters. The van der Waals surface area contributed by atoms with Gasteiger partial charge < -0.3 is 10.2 Å². The molecule has 0 bridgehead atoms. The first-order chi connectivity index (χ1) is 5.86. The van der Waals surface area contributed by atoms with Crippen molar-refractivity contribution in [1.82, 2.24) is 10.2 Å². The van der Waals surface area contributed by atoms with Crippen LogP contribution in [0.5, 0.6) is 0 Å². The fraction of sp³-hybridized carbons (Fsp3) is 1.00. The summed E-state index contributed by atoms with van der Waals surface area (Å²) < 4.78 is 0. The molecule has 1 aliphatic rings. The van der Waals surface area contributed by atoms with Gasteiger partial charge in [-0.1, -0.05) is 13.3 Å². The van der Waals surface area contributed by atoms with Gasteiger partial charge in [-0.2, -0.15) is 0 Å². The van der Waals surface area contributed by atoms with Crippen LogP contribution in [0.2, 0.25) is 0 Å². The van der Waals surface area contributed by atoms with Crippen LogP contribution in [0.15, 0.2) is 0 Å². The quantitative estimate of drug-likeness (QED) is 0.605. The van der Waals surface area contributed by atoms with Crippen LogP contribution in [0.4, 0.5) is 0 Å². The predicted molar refractivity (Wildman–Crippen MR) is 53.4 cm³/mol. The molecule has 1 N–H and O–H groups in total. The van der Waals surface area contributed by atoms with E-state index >= 15 is 0 Å². The number of hydrogen-bond donors (Lipinski definition) is 1. The smallest absolute Gasteiger partial charge is 0.00220 e. The highest BCUT2D eigenvalue weighted by Crippen LogP contribution is 2.19. The van der Waals surface area contributed by atoms with E-state index in [-0.39, 0.29) is 0 Å². The molecule has 0 aromatic rings. The van der Waals surface area contributed by atoms with E-state index in [1.165, 1.54) is 38.9 Å². The van der Waals surface area contributed by atoms with E-state index in [9.17, 15) is 0 Å². The highest BCUT2D eigenvalue weighted by Gasteiger charge is 2.24. The Labute approximate surface area is 76.3 Å². The molecular formula is C10H22N2. The minimum atomic E-state index is 1.02. The SMILES string of the molecule is CCCC1CN(CCCNC)C1. The summed E-state index contributed by atoms with van der Waals surface area (Å²) in [6, 6.07) is 0. The van der Waals surface area contributed by atoms with Crippen molar-refractivity contribution in [3.8, 4) is 0 Å². The van der Waals surface area contributed by atoms with Gasteiger partial charge in [-0.15, -0.1) is 0 Å². The molecule has 1 heterocycles. The van der Waals surface area contributed by atoms with Crippen LogP contribution in [0.3, 0.4) is 0 Å². The molecule has 12 heavy (non-hydrogen) atoms. The molecule has 0 aromatic heterocycles. The maximum atomic E-state index is 3.18. The highest BCUT2D eigenvalue weighted by atomic mass is 15.2. The number of likely N-dealkylation sites (tertiary alicyclic amines) is 1. The van der Waals surface area contributed by atoms with Gasteiger partial charge in [0.05, 0.1) is 0 Å². The first-order valence-corrected chi connectivity index (χ1v) is 5.23. The Hall–Kier alpha value is -0.0800. The van der Waals surface area contributed by atoms with Gasteiger partial charge in [-0.25, -0.2) is 0 Å². The minimum absolute atomic E-state index is 1.02. The average Bonchev–Trinajstić information content (AvgIpc) is 2.00. The molecule has 0 saturated carbocycles. The van der Waals surface area contributed by atoms with E-state index in [0.29, 0.717) is 0 Å². The van der Waals surface area contributed by atoms with Crippen molar-refractivity contribution in [1.29, 1.82) is 0 Å². The van der Waals surface area contributed by atoms with Crippen molar-refractivity contribution in [2.24, 2.45) is 5.92 Å². The van der Waals surface area contributed by atoms with Gasteiger partial charge in [0.2, 0.25) is 0 Å². The van der Waals surface area contributed by atoms with E-state index in [2.05, 4.69) is 17.1 Å². The van der Waals surface area contributed by atoms with Crippen LogP contribution >= 0.6 is 0 Å². The zero-order chi connectivity index (χ0) is 8.81. The van der Waals surface area contributed by atoms with Crippen molar-refractivity contribution in [3.63, 3.8) is 0 Å². The molecule has 2 heteroatoms. The van der Waals surface area contributed by atoms with Crippen LogP contribution in [0.1, 0.15) is 26.2 Å². The normalized spacial score (nSPS) is 19.5. The van der Waals surface area contributed by atoms with Crippen LogP contribution in [-0.2, 0) is 0 Å². The number of rotatable bonds is 6. The van der Waals surface area contributed by atoms with Crippen LogP contribution in [0.25, 0.3) is 0 Å². The third-order valence-electron chi connectivity index (χ3n) is 2.63. The third-order valence-corrected chi connectivity index (χ3v) is 2.63. The van der Waals surface area contributed by atoms with Crippen molar-refractivity contribution in [2.75, 3.05) is 33.2 Å². The van der Waals surface area contributed by atoms with E-state index in [4.69, 9.17) is 0 Å². The zero-order valence-electron chi connectivity index (χ0n) is 8.47. The molecule has 0 radical (unpaired) electrons. The number of nitrogens with zero attached hydrogens (tertiary/aromatic N) is 1. The van der Waals surface area contributed by atoms with Crippen LogP contribution in [-0.4, -0.2) is 38.1 Å². The van der Waals surface area contributed by atoms with Crippen molar-refractivity contribution >= 4 is 0 Å². The summed E-state index contributed by atoms with van der Waals surface area (Å²) >= 11 is 0. The lowest BCUT2D eigenvalue weighted by Crippen LogP contribution is -2.47. The van der Waals surface area contributed by atoms with Gasteiger partial charge in [0.1, 0.15) is 0 Å². The minimum Gasteiger partial charge on any atom is -0.320 e. The lowest BCUT2D eigenvalue weighted by Gasteiger charge is -2.39. The Kier molecular flexibility index (Phi) is 4.62. The van der Waals surface area contributed by atoms with E-state index in [1.54, 1.807) is 0 Å². The second-order valence-corrected chi connectivity index (χ2v) is 3.87. The van der Waals surface area contributed by atoms with Crippen molar-refractivity contribution < 1.29 is 0 Å². The molecule has 2 nitrogen and oxygen atoms in total. The first kappa shape index (κ1) is 10.0. The molecule has 1 fully saturated rings. The second-order valence-electron chi connectivity index (χ2n) is 3.87. The molecule has 1 saturated heterocycles. The van der Waals surface area contributed by atoms with E-state index in [0.717, 1.165) is 12.5 Å². The predicted octanol–water partition coefficient (Wildman–Crippen LogP) is 1.33. The Morgan fingerprint density at radius 1 is 1.42 bits per heavy atom. The summed E-state index contributed by atoms with van der Waals surface area (Å²) in [5.74, 6) is 1.02. The lowest BCUT2D eigenvalue weighted by atomic mass is 9.95. The molecule has 1 rings (SSSR count). The first-order valence-electron chi connectivity index (χ1n) is 5.23. The Bertz CT molecular complexity index is 106. The maximum absolute atomic E-state index is 3.18. The summed E-state index contributed by atoms with van der Waals surface area (Å²) in [6.07, 6.45) is 4.09. The monoisotopic (exact) mass is 170 g/mol. The average molecular weight is 170 g/mol. The fourth-order valence-electron chi connectivity index (χ4n) is 1.93. The summed E-state index contributed by atoms with van der Waals surface area (Å²) in [5.41, 5.74) is 0. The largest absolute Gasteiger partial charge is 0.320 e. The van der Waals surface area contributed by atoms with Gasteiger partial charge >= 0.3 is 0 Å². The van der Waals surface area contributed by atoms with Crippen molar-refractivity contribution in [3.05, 3.63) is 0 Å². The molecule has 0 aliphatic carbocycles. The standard InChI is InChI=1S/C10H22N2/c1-3-5-10-8-12(9-10)7-4-6-11-2/h10-11H,3-9H2,1-2H3. The molecule has 0 atom stereocenters.